The quantitative estimate of drug-likeness (QED) is 0.348. The standard InChI is InChI=1S/C13H26FN2.BrH/c1-3-5-7-9-15-11-12-16(13(15)14)10-8-6-4-2;/h3-12H2,1-2H3;1H/q+1;/p-1. The monoisotopic (exact) mass is 308 g/mol. The normalized spacial score (nSPS) is 15.4. The third-order valence-corrected chi connectivity index (χ3v) is 3.22. The van der Waals surface area contributed by atoms with Crippen molar-refractivity contribution < 1.29 is 25.9 Å². The molecule has 1 aliphatic rings. The highest BCUT2D eigenvalue weighted by molar-refractivity contribution is 5.68. The van der Waals surface area contributed by atoms with E-state index >= 15 is 0 Å². The minimum absolute atomic E-state index is 0. The second-order valence-corrected chi connectivity index (χ2v) is 4.66. The molecule has 0 atom stereocenters. The van der Waals surface area contributed by atoms with Gasteiger partial charge in [-0.1, -0.05) is 26.7 Å². The van der Waals surface area contributed by atoms with Crippen LogP contribution in [0.5, 0.6) is 0 Å². The van der Waals surface area contributed by atoms with Gasteiger partial charge in [0, 0.05) is 0 Å². The Morgan fingerprint density at radius 1 is 1.12 bits per heavy atom. The molecule has 4 heteroatoms. The zero-order valence-corrected chi connectivity index (χ0v) is 12.8. The highest BCUT2D eigenvalue weighted by atomic mass is 79.9. The molecular weight excluding hydrogens is 283 g/mol. The Kier molecular flexibility index (Phi) is 9.79. The van der Waals surface area contributed by atoms with Crippen LogP contribution >= 0.6 is 0 Å². The van der Waals surface area contributed by atoms with Crippen LogP contribution in [0, 0.1) is 0 Å². The number of hydrogen-bond acceptors (Lipinski definition) is 1. The summed E-state index contributed by atoms with van der Waals surface area (Å²) in [7, 11) is 0. The van der Waals surface area contributed by atoms with Crippen LogP contribution < -0.4 is 17.0 Å². The minimum Gasteiger partial charge on any atom is -1.00 e. The molecule has 0 aliphatic carbocycles. The van der Waals surface area contributed by atoms with Crippen LogP contribution in [0.25, 0.3) is 0 Å². The van der Waals surface area contributed by atoms with Crippen LogP contribution in [0.2, 0.25) is 0 Å². The molecule has 0 radical (unpaired) electrons. The average Bonchev–Trinajstić information content (AvgIpc) is 2.62. The molecule has 0 aromatic carbocycles. The lowest BCUT2D eigenvalue weighted by Crippen LogP contribution is -3.00. The van der Waals surface area contributed by atoms with Crippen LogP contribution in [-0.4, -0.2) is 41.7 Å². The van der Waals surface area contributed by atoms with Crippen LogP contribution in [0.1, 0.15) is 52.4 Å². The molecular formula is C13H26BrFN2. The van der Waals surface area contributed by atoms with Gasteiger partial charge in [-0.15, -0.1) is 4.39 Å². The van der Waals surface area contributed by atoms with Crippen molar-refractivity contribution in [3.05, 3.63) is 0 Å². The van der Waals surface area contributed by atoms with Gasteiger partial charge in [0.05, 0.1) is 13.1 Å². The van der Waals surface area contributed by atoms with E-state index in [2.05, 4.69) is 13.8 Å². The maximum atomic E-state index is 13.9. The van der Waals surface area contributed by atoms with Crippen molar-refractivity contribution in [1.82, 2.24) is 4.90 Å². The summed E-state index contributed by atoms with van der Waals surface area (Å²) in [6, 6.07) is 0. The fourth-order valence-corrected chi connectivity index (χ4v) is 2.14. The molecule has 17 heavy (non-hydrogen) atoms. The third-order valence-electron chi connectivity index (χ3n) is 3.22. The topological polar surface area (TPSA) is 6.25 Å². The van der Waals surface area contributed by atoms with E-state index in [9.17, 15) is 4.39 Å². The molecule has 0 bridgehead atoms. The van der Waals surface area contributed by atoms with Crippen molar-refractivity contribution in [2.24, 2.45) is 0 Å². The molecule has 0 saturated heterocycles. The molecule has 1 heterocycles. The molecule has 0 fully saturated rings. The lowest BCUT2D eigenvalue weighted by Gasteiger charge is -2.06. The van der Waals surface area contributed by atoms with Gasteiger partial charge in [0.25, 0.3) is 0 Å². The van der Waals surface area contributed by atoms with E-state index in [-0.39, 0.29) is 23.1 Å². The van der Waals surface area contributed by atoms with Gasteiger partial charge in [0.15, 0.2) is 0 Å². The zero-order valence-electron chi connectivity index (χ0n) is 11.2. The van der Waals surface area contributed by atoms with E-state index < -0.39 is 0 Å². The predicted octanol–water partition coefficient (Wildman–Crippen LogP) is 0.0244. The molecule has 0 N–H and O–H groups in total. The first-order valence-electron chi connectivity index (χ1n) is 6.82. The smallest absolute Gasteiger partial charge is 0.436 e. The van der Waals surface area contributed by atoms with Gasteiger partial charge in [0.2, 0.25) is 0 Å². The van der Waals surface area contributed by atoms with Gasteiger partial charge in [-0.25, -0.2) is 9.48 Å². The first-order valence-corrected chi connectivity index (χ1v) is 6.82. The summed E-state index contributed by atoms with van der Waals surface area (Å²) in [5, 5.41) is 0. The van der Waals surface area contributed by atoms with Gasteiger partial charge < -0.3 is 17.0 Å². The fraction of sp³-hybridized carbons (Fsp3) is 0.923. The minimum atomic E-state index is 0. The van der Waals surface area contributed by atoms with Crippen molar-refractivity contribution in [2.45, 2.75) is 52.4 Å². The van der Waals surface area contributed by atoms with E-state index in [1.165, 1.54) is 25.7 Å². The van der Waals surface area contributed by atoms with Gasteiger partial charge in [0.1, 0.15) is 13.1 Å². The van der Waals surface area contributed by atoms with Crippen LogP contribution in [-0.2, 0) is 0 Å². The molecule has 0 unspecified atom stereocenters. The Labute approximate surface area is 116 Å². The first-order chi connectivity index (χ1) is 7.79. The summed E-state index contributed by atoms with van der Waals surface area (Å²) in [6.07, 6.45) is 7.08. The molecule has 0 amide bonds. The Morgan fingerprint density at radius 2 is 1.76 bits per heavy atom. The van der Waals surface area contributed by atoms with E-state index in [0.29, 0.717) is 0 Å². The van der Waals surface area contributed by atoms with Crippen LogP contribution in [0.4, 0.5) is 4.39 Å². The summed E-state index contributed by atoms with van der Waals surface area (Å²) in [5.74, 6) is 0. The number of amidine groups is 1. The molecule has 0 saturated carbocycles. The fourth-order valence-electron chi connectivity index (χ4n) is 2.14. The van der Waals surface area contributed by atoms with E-state index in [1.807, 2.05) is 9.48 Å². The van der Waals surface area contributed by atoms with E-state index in [1.54, 1.807) is 0 Å². The molecule has 1 aliphatic heterocycles. The second-order valence-electron chi connectivity index (χ2n) is 4.66. The zero-order chi connectivity index (χ0) is 11.8. The molecule has 102 valence electrons. The number of rotatable bonds is 8. The van der Waals surface area contributed by atoms with Gasteiger partial charge in [-0.05, 0) is 25.7 Å². The van der Waals surface area contributed by atoms with Crippen molar-refractivity contribution in [3.8, 4) is 0 Å². The maximum absolute atomic E-state index is 13.9. The third kappa shape index (κ3) is 5.84. The van der Waals surface area contributed by atoms with Crippen LogP contribution in [0.3, 0.4) is 0 Å². The highest BCUT2D eigenvalue weighted by Crippen LogP contribution is 2.07. The Morgan fingerprint density at radius 3 is 2.41 bits per heavy atom. The molecule has 2 nitrogen and oxygen atoms in total. The first kappa shape index (κ1) is 16.9. The summed E-state index contributed by atoms with van der Waals surface area (Å²) >= 11 is 0. The van der Waals surface area contributed by atoms with Crippen molar-refractivity contribution in [1.29, 1.82) is 0 Å². The van der Waals surface area contributed by atoms with E-state index in [4.69, 9.17) is 0 Å². The predicted molar refractivity (Wildman–Crippen MR) is 66.7 cm³/mol. The maximum Gasteiger partial charge on any atom is 0.436 e. The lowest BCUT2D eigenvalue weighted by atomic mass is 10.2. The number of nitrogens with zero attached hydrogens (tertiary/aromatic N) is 2. The van der Waals surface area contributed by atoms with Crippen LogP contribution in [0.15, 0.2) is 0 Å². The van der Waals surface area contributed by atoms with Crippen molar-refractivity contribution in [3.63, 3.8) is 0 Å². The number of hydrogen-bond donors (Lipinski definition) is 0. The van der Waals surface area contributed by atoms with Crippen molar-refractivity contribution >= 4 is 6.09 Å². The Bertz CT molecular complexity index is 231. The number of halogens is 2. The average molecular weight is 309 g/mol. The summed E-state index contributed by atoms with van der Waals surface area (Å²) in [5.41, 5.74) is 0. The largest absolute Gasteiger partial charge is 1.00 e. The van der Waals surface area contributed by atoms with E-state index in [0.717, 1.165) is 39.0 Å². The van der Waals surface area contributed by atoms with Gasteiger partial charge in [-0.2, -0.15) is 0 Å². The molecule has 0 aromatic rings. The lowest BCUT2D eigenvalue weighted by molar-refractivity contribution is -0.523. The summed E-state index contributed by atoms with van der Waals surface area (Å²) < 4.78 is 15.8. The van der Waals surface area contributed by atoms with Crippen molar-refractivity contribution in [2.75, 3.05) is 26.2 Å². The second kappa shape index (κ2) is 9.86. The molecule has 0 aromatic heterocycles. The Balaban J connectivity index is 0.00000256. The highest BCUT2D eigenvalue weighted by Gasteiger charge is 2.29. The van der Waals surface area contributed by atoms with Gasteiger partial charge in [-0.3, -0.25) is 0 Å². The summed E-state index contributed by atoms with van der Waals surface area (Å²) in [4.78, 5) is 1.90. The summed E-state index contributed by atoms with van der Waals surface area (Å²) in [6.45, 7) is 7.90. The van der Waals surface area contributed by atoms with Gasteiger partial charge >= 0.3 is 6.09 Å². The Hall–Kier alpha value is -0.120. The SMILES string of the molecule is CCCCCN1CC[N+](CCCCC)=C1F.[Br-]. The molecule has 1 rings (SSSR count). The number of unbranched alkanes of at least 4 members (excludes halogenated alkanes) is 4. The molecule has 0 spiro atoms.